The van der Waals surface area contributed by atoms with Gasteiger partial charge in [-0.05, 0) is 36.2 Å². The summed E-state index contributed by atoms with van der Waals surface area (Å²) >= 11 is 0. The molecule has 3 rings (SSSR count). The predicted molar refractivity (Wildman–Crippen MR) is 82.8 cm³/mol. The van der Waals surface area contributed by atoms with E-state index in [2.05, 4.69) is 4.98 Å². The van der Waals surface area contributed by atoms with Crippen molar-refractivity contribution in [3.63, 3.8) is 0 Å². The average molecular weight is 336 g/mol. The van der Waals surface area contributed by atoms with Crippen molar-refractivity contribution < 1.29 is 17.5 Å². The number of nitrogens with zero attached hydrogens (tertiary/aromatic N) is 2. The van der Waals surface area contributed by atoms with Crippen LogP contribution < -0.4 is 0 Å². The molecule has 0 radical (unpaired) electrons. The van der Waals surface area contributed by atoms with Gasteiger partial charge >= 0.3 is 0 Å². The number of pyridine rings is 1. The summed E-state index contributed by atoms with van der Waals surface area (Å²) in [5.41, 5.74) is 0.914. The molecule has 1 atom stereocenters. The van der Waals surface area contributed by atoms with Crippen LogP contribution in [0.1, 0.15) is 5.56 Å². The van der Waals surface area contributed by atoms with Crippen LogP contribution in [0.2, 0.25) is 0 Å². The number of hydrogen-bond donors (Lipinski definition) is 0. The molecule has 1 fully saturated rings. The topological polar surface area (TPSA) is 59.5 Å². The number of rotatable bonds is 4. The van der Waals surface area contributed by atoms with E-state index in [1.54, 1.807) is 18.2 Å². The Morgan fingerprint density at radius 2 is 2.04 bits per heavy atom. The first-order chi connectivity index (χ1) is 11.1. The number of hydrogen-bond acceptors (Lipinski definition) is 4. The van der Waals surface area contributed by atoms with Crippen LogP contribution in [0.5, 0.6) is 0 Å². The Bertz CT molecular complexity index is 751. The lowest BCUT2D eigenvalue weighted by Gasteiger charge is -2.32. The summed E-state index contributed by atoms with van der Waals surface area (Å²) in [6, 6.07) is 9.29. The van der Waals surface area contributed by atoms with Crippen LogP contribution in [0.15, 0.2) is 53.7 Å². The monoisotopic (exact) mass is 336 g/mol. The largest absolute Gasteiger partial charge is 0.375 e. The molecule has 1 aromatic carbocycles. The molecule has 0 aliphatic carbocycles. The molecule has 0 amide bonds. The zero-order valence-corrected chi connectivity index (χ0v) is 13.2. The van der Waals surface area contributed by atoms with Crippen molar-refractivity contribution in [3.8, 4) is 0 Å². The first-order valence-electron chi connectivity index (χ1n) is 7.32. The van der Waals surface area contributed by atoms with Gasteiger partial charge in [-0.3, -0.25) is 4.98 Å². The van der Waals surface area contributed by atoms with Gasteiger partial charge in [0.05, 0.1) is 12.7 Å². The molecule has 2 aromatic rings. The standard InChI is InChI=1S/C16H17FN2O3S/c17-14-5-3-13(4-6-14)10-15-12-19(8-9-22-15)23(20,21)16-2-1-7-18-11-16/h1-7,11,15H,8-10,12H2/t15-/m0/s1. The zero-order chi connectivity index (χ0) is 16.3. The molecule has 0 bridgehead atoms. The molecule has 1 aromatic heterocycles. The highest BCUT2D eigenvalue weighted by atomic mass is 32.2. The van der Waals surface area contributed by atoms with Crippen LogP contribution in [-0.4, -0.2) is 43.5 Å². The van der Waals surface area contributed by atoms with Crippen molar-refractivity contribution in [1.82, 2.24) is 9.29 Å². The van der Waals surface area contributed by atoms with Crippen molar-refractivity contribution in [3.05, 3.63) is 60.2 Å². The van der Waals surface area contributed by atoms with E-state index in [0.717, 1.165) is 5.56 Å². The first kappa shape index (κ1) is 16.0. The minimum Gasteiger partial charge on any atom is -0.375 e. The number of halogens is 1. The molecular weight excluding hydrogens is 319 g/mol. The molecule has 0 spiro atoms. The predicted octanol–water partition coefficient (Wildman–Crippen LogP) is 1.85. The Balaban J connectivity index is 1.72. The fraction of sp³-hybridized carbons (Fsp3) is 0.312. The van der Waals surface area contributed by atoms with Crippen molar-refractivity contribution in [2.24, 2.45) is 0 Å². The number of sulfonamides is 1. The number of ether oxygens (including phenoxy) is 1. The summed E-state index contributed by atoms with van der Waals surface area (Å²) in [5.74, 6) is -0.293. The Labute approximate surface area is 134 Å². The van der Waals surface area contributed by atoms with Gasteiger partial charge in [0.1, 0.15) is 10.7 Å². The minimum absolute atomic E-state index is 0.183. The summed E-state index contributed by atoms with van der Waals surface area (Å²) in [5, 5.41) is 0. The van der Waals surface area contributed by atoms with Crippen molar-refractivity contribution in [2.75, 3.05) is 19.7 Å². The van der Waals surface area contributed by atoms with E-state index in [1.807, 2.05) is 0 Å². The van der Waals surface area contributed by atoms with Crippen LogP contribution in [0, 0.1) is 5.82 Å². The van der Waals surface area contributed by atoms with Crippen molar-refractivity contribution in [2.45, 2.75) is 17.4 Å². The van der Waals surface area contributed by atoms with Crippen molar-refractivity contribution >= 4 is 10.0 Å². The number of morpholine rings is 1. The lowest BCUT2D eigenvalue weighted by molar-refractivity contribution is -0.000508. The third-order valence-corrected chi connectivity index (χ3v) is 5.60. The highest BCUT2D eigenvalue weighted by molar-refractivity contribution is 7.89. The number of aromatic nitrogens is 1. The van der Waals surface area contributed by atoms with Crippen LogP contribution in [0.25, 0.3) is 0 Å². The third kappa shape index (κ3) is 3.74. The second kappa shape index (κ2) is 6.74. The average Bonchev–Trinajstić information content (AvgIpc) is 2.58. The normalized spacial score (nSPS) is 19.6. The maximum atomic E-state index is 12.9. The summed E-state index contributed by atoms with van der Waals surface area (Å²) in [4.78, 5) is 4.05. The smallest absolute Gasteiger partial charge is 0.244 e. The maximum absolute atomic E-state index is 12.9. The molecule has 2 heterocycles. The van der Waals surface area contributed by atoms with Gasteiger partial charge in [-0.1, -0.05) is 12.1 Å². The molecule has 1 aliphatic rings. The van der Waals surface area contributed by atoms with Crippen LogP contribution in [0.3, 0.4) is 0 Å². The summed E-state index contributed by atoms with van der Waals surface area (Å²) in [6.45, 7) is 0.928. The van der Waals surface area contributed by atoms with Gasteiger partial charge in [0.2, 0.25) is 10.0 Å². The van der Waals surface area contributed by atoms with Gasteiger partial charge in [-0.2, -0.15) is 4.31 Å². The van der Waals surface area contributed by atoms with E-state index in [0.29, 0.717) is 19.6 Å². The van der Waals surface area contributed by atoms with E-state index in [4.69, 9.17) is 4.74 Å². The SMILES string of the molecule is O=S(=O)(c1cccnc1)N1CCO[C@@H](Cc2ccc(F)cc2)C1. The highest BCUT2D eigenvalue weighted by Crippen LogP contribution is 2.19. The van der Waals surface area contributed by atoms with Crippen molar-refractivity contribution in [1.29, 1.82) is 0 Å². The van der Waals surface area contributed by atoms with E-state index >= 15 is 0 Å². The summed E-state index contributed by atoms with van der Waals surface area (Å²) in [7, 11) is -3.56. The molecule has 5 nitrogen and oxygen atoms in total. The van der Waals surface area contributed by atoms with Gasteiger partial charge in [0.15, 0.2) is 0 Å². The summed E-state index contributed by atoms with van der Waals surface area (Å²) < 4.78 is 45.2. The maximum Gasteiger partial charge on any atom is 0.244 e. The Morgan fingerprint density at radius 3 is 2.74 bits per heavy atom. The fourth-order valence-electron chi connectivity index (χ4n) is 2.57. The van der Waals surface area contributed by atoms with Crippen LogP contribution in [0.4, 0.5) is 4.39 Å². The highest BCUT2D eigenvalue weighted by Gasteiger charge is 2.30. The van der Waals surface area contributed by atoms with Gasteiger partial charge < -0.3 is 4.74 Å². The van der Waals surface area contributed by atoms with Gasteiger partial charge in [-0.15, -0.1) is 0 Å². The zero-order valence-electron chi connectivity index (χ0n) is 12.4. The van der Waals surface area contributed by atoms with E-state index < -0.39 is 10.0 Å². The molecule has 0 saturated carbocycles. The molecule has 23 heavy (non-hydrogen) atoms. The quantitative estimate of drug-likeness (QED) is 0.855. The molecule has 122 valence electrons. The lowest BCUT2D eigenvalue weighted by Crippen LogP contribution is -2.46. The van der Waals surface area contributed by atoms with Gasteiger partial charge in [-0.25, -0.2) is 12.8 Å². The Morgan fingerprint density at radius 1 is 1.26 bits per heavy atom. The van der Waals surface area contributed by atoms with Crippen LogP contribution in [-0.2, 0) is 21.2 Å². The molecular formula is C16H17FN2O3S. The second-order valence-electron chi connectivity index (χ2n) is 5.38. The summed E-state index contributed by atoms with van der Waals surface area (Å²) in [6.07, 6.45) is 3.18. The number of benzene rings is 1. The molecule has 0 N–H and O–H groups in total. The molecule has 1 saturated heterocycles. The third-order valence-electron chi connectivity index (χ3n) is 3.75. The second-order valence-corrected chi connectivity index (χ2v) is 7.31. The van der Waals surface area contributed by atoms with E-state index in [9.17, 15) is 12.8 Å². The van der Waals surface area contributed by atoms with Gasteiger partial charge in [0.25, 0.3) is 0 Å². The lowest BCUT2D eigenvalue weighted by atomic mass is 10.1. The van der Waals surface area contributed by atoms with E-state index in [-0.39, 0.29) is 23.4 Å². The Hall–Kier alpha value is -1.83. The minimum atomic E-state index is -3.56. The fourth-order valence-corrected chi connectivity index (χ4v) is 3.99. The van der Waals surface area contributed by atoms with Gasteiger partial charge in [0, 0.05) is 25.5 Å². The van der Waals surface area contributed by atoms with E-state index in [1.165, 1.54) is 34.9 Å². The molecule has 0 unspecified atom stereocenters. The Kier molecular flexibility index (Phi) is 4.70. The molecule has 1 aliphatic heterocycles. The first-order valence-corrected chi connectivity index (χ1v) is 8.76. The molecule has 7 heteroatoms. The van der Waals surface area contributed by atoms with Crippen LogP contribution >= 0.6 is 0 Å².